The Labute approximate surface area is 111 Å². The minimum absolute atomic E-state index is 0. The molecule has 0 heterocycles. The first-order chi connectivity index (χ1) is 7.37. The van der Waals surface area contributed by atoms with Gasteiger partial charge >= 0.3 is 5.97 Å². The fourth-order valence-electron chi connectivity index (χ4n) is 2.44. The number of hydrogen-bond donors (Lipinski definition) is 1. The van der Waals surface area contributed by atoms with Crippen molar-refractivity contribution >= 4 is 18.4 Å². The molecule has 102 valence electrons. The van der Waals surface area contributed by atoms with Gasteiger partial charge in [-0.25, -0.2) is 0 Å². The van der Waals surface area contributed by atoms with Gasteiger partial charge in [0.1, 0.15) is 5.60 Å². The maximum atomic E-state index is 11.8. The first-order valence-corrected chi connectivity index (χ1v) is 6.29. The van der Waals surface area contributed by atoms with Gasteiger partial charge in [0.2, 0.25) is 0 Å². The molecule has 1 rings (SSSR count). The molecule has 0 unspecified atom stereocenters. The van der Waals surface area contributed by atoms with E-state index in [1.165, 1.54) is 19.3 Å². The highest BCUT2D eigenvalue weighted by Gasteiger charge is 2.34. The Morgan fingerprint density at radius 2 is 1.76 bits per heavy atom. The molecule has 0 atom stereocenters. The quantitative estimate of drug-likeness (QED) is 0.797. The first-order valence-electron chi connectivity index (χ1n) is 6.29. The van der Waals surface area contributed by atoms with Crippen LogP contribution in [0.25, 0.3) is 0 Å². The van der Waals surface area contributed by atoms with Crippen LogP contribution in [0.5, 0.6) is 0 Å². The average Bonchev–Trinajstić information content (AvgIpc) is 2.16. The fourth-order valence-corrected chi connectivity index (χ4v) is 2.44. The molecule has 1 saturated carbocycles. The predicted molar refractivity (Wildman–Crippen MR) is 72.3 cm³/mol. The lowest BCUT2D eigenvalue weighted by Gasteiger charge is -2.36. The molecule has 0 radical (unpaired) electrons. The number of ether oxygens (including phenoxy) is 1. The zero-order chi connectivity index (χ0) is 12.2. The molecule has 1 fully saturated rings. The van der Waals surface area contributed by atoms with Crippen molar-refractivity contribution in [2.75, 3.05) is 6.54 Å². The monoisotopic (exact) mass is 263 g/mol. The minimum atomic E-state index is -0.387. The standard InChI is InChI=1S/C13H25NO2.ClH/c1-12(2,3)16-11(15)9-13(10-14)7-5-4-6-8-13;/h4-10,14H2,1-3H3;1H. The zero-order valence-corrected chi connectivity index (χ0v) is 12.1. The van der Waals surface area contributed by atoms with Crippen LogP contribution in [0.4, 0.5) is 0 Å². The van der Waals surface area contributed by atoms with Gasteiger partial charge < -0.3 is 10.5 Å². The molecule has 1 aliphatic carbocycles. The van der Waals surface area contributed by atoms with E-state index < -0.39 is 0 Å². The summed E-state index contributed by atoms with van der Waals surface area (Å²) in [7, 11) is 0. The topological polar surface area (TPSA) is 52.3 Å². The first kappa shape index (κ1) is 16.7. The highest BCUT2D eigenvalue weighted by atomic mass is 35.5. The van der Waals surface area contributed by atoms with E-state index in [1.54, 1.807) is 0 Å². The molecule has 2 N–H and O–H groups in total. The van der Waals surface area contributed by atoms with E-state index in [-0.39, 0.29) is 29.4 Å². The van der Waals surface area contributed by atoms with E-state index in [0.717, 1.165) is 12.8 Å². The SMILES string of the molecule is CC(C)(C)OC(=O)CC1(CN)CCCCC1.Cl. The Kier molecular flexibility index (Phi) is 6.49. The van der Waals surface area contributed by atoms with Crippen LogP contribution in [-0.4, -0.2) is 18.1 Å². The second kappa shape index (κ2) is 6.60. The molecule has 0 aromatic carbocycles. The number of rotatable bonds is 3. The van der Waals surface area contributed by atoms with Crippen molar-refractivity contribution < 1.29 is 9.53 Å². The molecule has 0 aromatic rings. The van der Waals surface area contributed by atoms with Crippen LogP contribution in [0.2, 0.25) is 0 Å². The van der Waals surface area contributed by atoms with Crippen LogP contribution in [-0.2, 0) is 9.53 Å². The van der Waals surface area contributed by atoms with E-state index in [4.69, 9.17) is 10.5 Å². The van der Waals surface area contributed by atoms with Crippen molar-refractivity contribution in [3.8, 4) is 0 Å². The van der Waals surface area contributed by atoms with Gasteiger partial charge in [-0.15, -0.1) is 12.4 Å². The number of halogens is 1. The molecular formula is C13H26ClNO2. The Morgan fingerprint density at radius 1 is 1.24 bits per heavy atom. The van der Waals surface area contributed by atoms with Crippen LogP contribution < -0.4 is 5.73 Å². The molecule has 4 heteroatoms. The number of carbonyl (C=O) groups excluding carboxylic acids is 1. The summed E-state index contributed by atoms with van der Waals surface area (Å²) < 4.78 is 5.37. The molecular weight excluding hydrogens is 238 g/mol. The zero-order valence-electron chi connectivity index (χ0n) is 11.3. The molecule has 3 nitrogen and oxygen atoms in total. The fraction of sp³-hybridized carbons (Fsp3) is 0.923. The van der Waals surface area contributed by atoms with Crippen molar-refractivity contribution in [2.24, 2.45) is 11.1 Å². The third-order valence-electron chi connectivity index (χ3n) is 3.29. The lowest BCUT2D eigenvalue weighted by molar-refractivity contribution is -0.158. The normalized spacial score (nSPS) is 19.3. The van der Waals surface area contributed by atoms with Crippen molar-refractivity contribution in [1.29, 1.82) is 0 Å². The van der Waals surface area contributed by atoms with Crippen LogP contribution in [0.1, 0.15) is 59.3 Å². The second-order valence-electron chi connectivity index (χ2n) is 6.03. The molecule has 0 spiro atoms. The van der Waals surface area contributed by atoms with Gasteiger partial charge in [-0.3, -0.25) is 4.79 Å². The third-order valence-corrected chi connectivity index (χ3v) is 3.29. The smallest absolute Gasteiger partial charge is 0.306 e. The molecule has 17 heavy (non-hydrogen) atoms. The van der Waals surface area contributed by atoms with Crippen molar-refractivity contribution in [2.45, 2.75) is 64.9 Å². The summed E-state index contributed by atoms with van der Waals surface area (Å²) in [5.41, 5.74) is 5.47. The van der Waals surface area contributed by atoms with Gasteiger partial charge in [0.15, 0.2) is 0 Å². The Bertz CT molecular complexity index is 242. The molecule has 0 bridgehead atoms. The van der Waals surface area contributed by atoms with E-state index in [1.807, 2.05) is 20.8 Å². The largest absolute Gasteiger partial charge is 0.460 e. The molecule has 0 saturated heterocycles. The highest BCUT2D eigenvalue weighted by molar-refractivity contribution is 5.85. The van der Waals surface area contributed by atoms with Crippen LogP contribution in [0.15, 0.2) is 0 Å². The molecule has 1 aliphatic rings. The number of hydrogen-bond acceptors (Lipinski definition) is 3. The number of carbonyl (C=O) groups is 1. The predicted octanol–water partition coefficient (Wildman–Crippen LogP) is 3.05. The summed E-state index contributed by atoms with van der Waals surface area (Å²) in [6.45, 7) is 6.31. The maximum Gasteiger partial charge on any atom is 0.306 e. The summed E-state index contributed by atoms with van der Waals surface area (Å²) in [5, 5.41) is 0. The summed E-state index contributed by atoms with van der Waals surface area (Å²) in [5.74, 6) is -0.0974. The lowest BCUT2D eigenvalue weighted by atomic mass is 9.72. The van der Waals surface area contributed by atoms with Gasteiger partial charge in [-0.2, -0.15) is 0 Å². The minimum Gasteiger partial charge on any atom is -0.460 e. The van der Waals surface area contributed by atoms with E-state index in [0.29, 0.717) is 13.0 Å². The summed E-state index contributed by atoms with van der Waals surface area (Å²) in [6.07, 6.45) is 6.29. The Hall–Kier alpha value is -0.280. The van der Waals surface area contributed by atoms with Crippen LogP contribution >= 0.6 is 12.4 Å². The van der Waals surface area contributed by atoms with Crippen molar-refractivity contribution in [3.05, 3.63) is 0 Å². The van der Waals surface area contributed by atoms with Crippen LogP contribution in [0.3, 0.4) is 0 Å². The van der Waals surface area contributed by atoms with Crippen molar-refractivity contribution in [3.63, 3.8) is 0 Å². The van der Waals surface area contributed by atoms with Gasteiger partial charge in [0.25, 0.3) is 0 Å². The summed E-state index contributed by atoms with van der Waals surface area (Å²) in [6, 6.07) is 0. The molecule has 0 amide bonds. The summed E-state index contributed by atoms with van der Waals surface area (Å²) in [4.78, 5) is 11.8. The van der Waals surface area contributed by atoms with E-state index in [9.17, 15) is 4.79 Å². The Balaban J connectivity index is 0.00000256. The average molecular weight is 264 g/mol. The van der Waals surface area contributed by atoms with Crippen LogP contribution in [0, 0.1) is 5.41 Å². The van der Waals surface area contributed by atoms with Crippen molar-refractivity contribution in [1.82, 2.24) is 0 Å². The number of esters is 1. The molecule has 0 aromatic heterocycles. The Morgan fingerprint density at radius 3 is 2.18 bits per heavy atom. The molecule has 0 aliphatic heterocycles. The summed E-state index contributed by atoms with van der Waals surface area (Å²) >= 11 is 0. The van der Waals surface area contributed by atoms with E-state index in [2.05, 4.69) is 0 Å². The third kappa shape index (κ3) is 5.73. The number of nitrogens with two attached hydrogens (primary N) is 1. The van der Waals surface area contributed by atoms with Gasteiger partial charge in [-0.1, -0.05) is 19.3 Å². The highest BCUT2D eigenvalue weighted by Crippen LogP contribution is 2.38. The van der Waals surface area contributed by atoms with Gasteiger partial charge in [-0.05, 0) is 45.6 Å². The van der Waals surface area contributed by atoms with Gasteiger partial charge in [0.05, 0.1) is 6.42 Å². The lowest BCUT2D eigenvalue weighted by Crippen LogP contribution is -2.37. The van der Waals surface area contributed by atoms with Gasteiger partial charge in [0, 0.05) is 0 Å². The van der Waals surface area contributed by atoms with E-state index >= 15 is 0 Å². The second-order valence-corrected chi connectivity index (χ2v) is 6.03. The maximum absolute atomic E-state index is 11.8.